The molecular weight excluding hydrogens is 364 g/mol. The minimum atomic E-state index is -0.164. The molecule has 0 aliphatic heterocycles. The van der Waals surface area contributed by atoms with Crippen LogP contribution in [0.4, 0.5) is 4.79 Å². The molecule has 0 atom stereocenters. The summed E-state index contributed by atoms with van der Waals surface area (Å²) in [5, 5.41) is 10.7. The third kappa shape index (κ3) is 4.12. The molecule has 1 fully saturated rings. The Morgan fingerprint density at radius 3 is 2.07 bits per heavy atom. The third-order valence-electron chi connectivity index (χ3n) is 5.82. The van der Waals surface area contributed by atoms with Crippen LogP contribution in [0.3, 0.4) is 0 Å². The Bertz CT molecular complexity index is 832. The Kier molecular flexibility index (Phi) is 5.77. The molecule has 4 heteroatoms. The first kappa shape index (κ1) is 18.8. The highest BCUT2D eigenvalue weighted by Crippen LogP contribution is 2.41. The van der Waals surface area contributed by atoms with Gasteiger partial charge in [0, 0.05) is 12.0 Å². The minimum absolute atomic E-state index is 0.0896. The number of carbonyl (C=O) groups excluding carboxylic acids is 1. The summed E-state index contributed by atoms with van der Waals surface area (Å²) < 4.78 is 0. The third-order valence-corrected chi connectivity index (χ3v) is 6.51. The van der Waals surface area contributed by atoms with Gasteiger partial charge in [-0.1, -0.05) is 73.5 Å². The van der Waals surface area contributed by atoms with Gasteiger partial charge in [-0.25, -0.2) is 4.79 Å². The van der Waals surface area contributed by atoms with Gasteiger partial charge in [0.25, 0.3) is 0 Å². The zero-order chi connectivity index (χ0) is 19.2. The summed E-state index contributed by atoms with van der Waals surface area (Å²) in [6.45, 7) is 0.686. The van der Waals surface area contributed by atoms with Crippen molar-refractivity contribution in [2.45, 2.75) is 37.1 Å². The van der Waals surface area contributed by atoms with Gasteiger partial charge in [0.2, 0.25) is 0 Å². The lowest BCUT2D eigenvalue weighted by Crippen LogP contribution is -2.44. The van der Waals surface area contributed by atoms with Crippen molar-refractivity contribution in [3.8, 4) is 0 Å². The van der Waals surface area contributed by atoms with Crippen LogP contribution in [-0.4, -0.2) is 12.6 Å². The maximum Gasteiger partial charge on any atom is 0.315 e. The van der Waals surface area contributed by atoms with Crippen LogP contribution in [0.2, 0.25) is 0 Å². The van der Waals surface area contributed by atoms with Crippen LogP contribution >= 0.6 is 11.3 Å². The van der Waals surface area contributed by atoms with Crippen molar-refractivity contribution in [1.82, 2.24) is 10.6 Å². The molecule has 0 spiro atoms. The van der Waals surface area contributed by atoms with Crippen LogP contribution in [0.15, 0.2) is 77.5 Å². The van der Waals surface area contributed by atoms with Gasteiger partial charge in [-0.2, -0.15) is 11.3 Å². The van der Waals surface area contributed by atoms with E-state index >= 15 is 0 Å². The average molecular weight is 391 g/mol. The van der Waals surface area contributed by atoms with E-state index in [1.165, 1.54) is 18.4 Å². The second-order valence-corrected chi connectivity index (χ2v) is 8.36. The number of hydrogen-bond acceptors (Lipinski definition) is 2. The quantitative estimate of drug-likeness (QED) is 0.561. The van der Waals surface area contributed by atoms with Crippen molar-refractivity contribution in [2.75, 3.05) is 6.54 Å². The molecule has 1 heterocycles. The molecule has 1 aromatic heterocycles. The Morgan fingerprint density at radius 1 is 0.929 bits per heavy atom. The summed E-state index contributed by atoms with van der Waals surface area (Å²) in [6, 6.07) is 22.2. The molecule has 28 heavy (non-hydrogen) atoms. The van der Waals surface area contributed by atoms with Gasteiger partial charge in [-0.05, 0) is 46.4 Å². The first-order valence-corrected chi connectivity index (χ1v) is 10.9. The van der Waals surface area contributed by atoms with E-state index in [1.807, 2.05) is 36.4 Å². The van der Waals surface area contributed by atoms with E-state index in [9.17, 15) is 4.79 Å². The van der Waals surface area contributed by atoms with E-state index in [2.05, 4.69) is 51.7 Å². The predicted molar refractivity (Wildman–Crippen MR) is 116 cm³/mol. The topological polar surface area (TPSA) is 41.1 Å². The SMILES string of the molecule is O=C(NCC1(c2ccsc2)CCCC1)NC(c1ccccc1)c1ccccc1. The van der Waals surface area contributed by atoms with Crippen molar-refractivity contribution in [3.63, 3.8) is 0 Å². The first-order valence-electron chi connectivity index (χ1n) is 9.94. The van der Waals surface area contributed by atoms with Crippen LogP contribution in [-0.2, 0) is 5.41 Å². The largest absolute Gasteiger partial charge is 0.337 e. The average Bonchev–Trinajstić information content (AvgIpc) is 3.44. The van der Waals surface area contributed by atoms with Gasteiger partial charge in [-0.3, -0.25) is 0 Å². The van der Waals surface area contributed by atoms with Crippen molar-refractivity contribution in [3.05, 3.63) is 94.2 Å². The number of thiophene rings is 1. The molecule has 0 bridgehead atoms. The fourth-order valence-electron chi connectivity index (χ4n) is 4.27. The summed E-state index contributed by atoms with van der Waals surface area (Å²) in [5.74, 6) is 0. The molecule has 3 nitrogen and oxygen atoms in total. The van der Waals surface area contributed by atoms with Crippen LogP contribution in [0.1, 0.15) is 48.4 Å². The van der Waals surface area contributed by atoms with E-state index < -0.39 is 0 Å². The molecule has 0 unspecified atom stereocenters. The van der Waals surface area contributed by atoms with Crippen LogP contribution in [0.5, 0.6) is 0 Å². The Hall–Kier alpha value is -2.59. The van der Waals surface area contributed by atoms with Gasteiger partial charge in [0.05, 0.1) is 6.04 Å². The summed E-state index contributed by atoms with van der Waals surface area (Å²) in [5.41, 5.74) is 3.62. The van der Waals surface area contributed by atoms with Crippen LogP contribution in [0, 0.1) is 0 Å². The number of benzene rings is 2. The Balaban J connectivity index is 1.48. The molecule has 2 N–H and O–H groups in total. The van der Waals surface area contributed by atoms with Crippen molar-refractivity contribution in [1.29, 1.82) is 0 Å². The molecular formula is C24H26N2OS. The van der Waals surface area contributed by atoms with E-state index in [4.69, 9.17) is 0 Å². The summed E-state index contributed by atoms with van der Waals surface area (Å²) in [7, 11) is 0. The molecule has 2 amide bonds. The lowest BCUT2D eigenvalue weighted by Gasteiger charge is -2.29. The van der Waals surface area contributed by atoms with E-state index in [0.29, 0.717) is 6.54 Å². The second-order valence-electron chi connectivity index (χ2n) is 7.58. The lowest BCUT2D eigenvalue weighted by atomic mass is 9.80. The minimum Gasteiger partial charge on any atom is -0.337 e. The molecule has 0 radical (unpaired) electrons. The number of amides is 2. The highest BCUT2D eigenvalue weighted by Gasteiger charge is 2.36. The van der Waals surface area contributed by atoms with Crippen molar-refractivity contribution in [2.24, 2.45) is 0 Å². The van der Waals surface area contributed by atoms with E-state index in [-0.39, 0.29) is 17.5 Å². The molecule has 1 saturated carbocycles. The number of urea groups is 1. The Morgan fingerprint density at radius 2 is 1.54 bits per heavy atom. The molecule has 0 saturated heterocycles. The molecule has 1 aliphatic rings. The van der Waals surface area contributed by atoms with Crippen molar-refractivity contribution >= 4 is 17.4 Å². The summed E-state index contributed by atoms with van der Waals surface area (Å²) >= 11 is 1.74. The fourth-order valence-corrected chi connectivity index (χ4v) is 5.05. The van der Waals surface area contributed by atoms with Gasteiger partial charge in [-0.15, -0.1) is 0 Å². The second kappa shape index (κ2) is 8.61. The van der Waals surface area contributed by atoms with Gasteiger partial charge in [0.15, 0.2) is 0 Å². The fraction of sp³-hybridized carbons (Fsp3) is 0.292. The number of carbonyl (C=O) groups is 1. The van der Waals surface area contributed by atoms with E-state index in [0.717, 1.165) is 24.0 Å². The zero-order valence-corrected chi connectivity index (χ0v) is 16.8. The molecule has 144 valence electrons. The molecule has 2 aromatic carbocycles. The number of rotatable bonds is 6. The predicted octanol–water partition coefficient (Wildman–Crippen LogP) is 5.65. The lowest BCUT2D eigenvalue weighted by molar-refractivity contribution is 0.235. The smallest absolute Gasteiger partial charge is 0.315 e. The van der Waals surface area contributed by atoms with Crippen molar-refractivity contribution < 1.29 is 4.79 Å². The molecule has 1 aliphatic carbocycles. The monoisotopic (exact) mass is 390 g/mol. The highest BCUT2D eigenvalue weighted by atomic mass is 32.1. The highest BCUT2D eigenvalue weighted by molar-refractivity contribution is 7.08. The van der Waals surface area contributed by atoms with Gasteiger partial charge in [0.1, 0.15) is 0 Å². The summed E-state index contributed by atoms with van der Waals surface area (Å²) in [6.07, 6.45) is 4.75. The molecule has 4 rings (SSSR count). The maximum atomic E-state index is 12.8. The van der Waals surface area contributed by atoms with Gasteiger partial charge >= 0.3 is 6.03 Å². The summed E-state index contributed by atoms with van der Waals surface area (Å²) in [4.78, 5) is 12.8. The van der Waals surface area contributed by atoms with Crippen LogP contribution < -0.4 is 10.6 Å². The number of hydrogen-bond donors (Lipinski definition) is 2. The Labute approximate surface area is 170 Å². The molecule has 3 aromatic rings. The number of nitrogens with one attached hydrogen (secondary N) is 2. The van der Waals surface area contributed by atoms with Crippen LogP contribution in [0.25, 0.3) is 0 Å². The normalized spacial score (nSPS) is 15.5. The standard InChI is InChI=1S/C24H26N2OS/c27-23(25-18-24(14-7-8-15-24)21-13-16-28-17-21)26-22(19-9-3-1-4-10-19)20-11-5-2-6-12-20/h1-6,9-13,16-17,22H,7-8,14-15,18H2,(H2,25,26,27). The first-order chi connectivity index (χ1) is 13.8. The zero-order valence-electron chi connectivity index (χ0n) is 15.9. The van der Waals surface area contributed by atoms with E-state index in [1.54, 1.807) is 11.3 Å². The van der Waals surface area contributed by atoms with Gasteiger partial charge < -0.3 is 10.6 Å². The maximum absolute atomic E-state index is 12.8.